The molecule has 0 amide bonds. The summed E-state index contributed by atoms with van der Waals surface area (Å²) in [4.78, 5) is 0. The van der Waals surface area contributed by atoms with Gasteiger partial charge in [-0.15, -0.1) is 10.2 Å². The Bertz CT molecular complexity index is 491. The van der Waals surface area contributed by atoms with Crippen LogP contribution in [0.15, 0.2) is 34.7 Å². The summed E-state index contributed by atoms with van der Waals surface area (Å²) in [5, 5.41) is 8.23. The second-order valence-corrected chi connectivity index (χ2v) is 4.88. The molecule has 2 N–H and O–H groups in total. The van der Waals surface area contributed by atoms with E-state index in [1.54, 1.807) is 0 Å². The number of hydrogen-bond donors (Lipinski definition) is 1. The van der Waals surface area contributed by atoms with Crippen LogP contribution in [0.4, 0.5) is 0 Å². The standard InChI is InChI=1S/C14H19N3O/c1-14(2,11-7-4-3-5-8-11)13-17-16-12(18-13)9-6-10-15/h3-5,7-8H,6,9-10,15H2,1-2H3. The van der Waals surface area contributed by atoms with Crippen LogP contribution in [0.5, 0.6) is 0 Å². The molecule has 0 atom stereocenters. The number of benzene rings is 1. The summed E-state index contributed by atoms with van der Waals surface area (Å²) in [6.07, 6.45) is 1.61. The van der Waals surface area contributed by atoms with E-state index in [1.165, 1.54) is 5.56 Å². The molecule has 4 heteroatoms. The SMILES string of the molecule is CC(C)(c1ccccc1)c1nnc(CCCN)o1. The lowest BCUT2D eigenvalue weighted by molar-refractivity contribution is 0.386. The van der Waals surface area contributed by atoms with Gasteiger partial charge in [0.2, 0.25) is 11.8 Å². The van der Waals surface area contributed by atoms with Crippen LogP contribution in [0.2, 0.25) is 0 Å². The number of rotatable bonds is 5. The molecule has 0 bridgehead atoms. The van der Waals surface area contributed by atoms with E-state index in [2.05, 4.69) is 36.2 Å². The van der Waals surface area contributed by atoms with Crippen LogP contribution < -0.4 is 5.73 Å². The molecule has 96 valence electrons. The predicted molar refractivity (Wildman–Crippen MR) is 70.2 cm³/mol. The summed E-state index contributed by atoms with van der Waals surface area (Å²) in [7, 11) is 0. The molecule has 4 nitrogen and oxygen atoms in total. The Morgan fingerprint density at radius 2 is 1.89 bits per heavy atom. The fourth-order valence-corrected chi connectivity index (χ4v) is 1.84. The largest absolute Gasteiger partial charge is 0.424 e. The van der Waals surface area contributed by atoms with E-state index in [9.17, 15) is 0 Å². The number of aromatic nitrogens is 2. The monoisotopic (exact) mass is 245 g/mol. The number of nitrogens with zero attached hydrogens (tertiary/aromatic N) is 2. The average molecular weight is 245 g/mol. The minimum Gasteiger partial charge on any atom is -0.424 e. The first-order valence-corrected chi connectivity index (χ1v) is 6.23. The molecule has 0 fully saturated rings. The van der Waals surface area contributed by atoms with Crippen LogP contribution in [0.25, 0.3) is 0 Å². The summed E-state index contributed by atoms with van der Waals surface area (Å²) < 4.78 is 5.73. The van der Waals surface area contributed by atoms with Gasteiger partial charge in [-0.25, -0.2) is 0 Å². The van der Waals surface area contributed by atoms with Crippen molar-refractivity contribution < 1.29 is 4.42 Å². The zero-order valence-corrected chi connectivity index (χ0v) is 10.9. The van der Waals surface area contributed by atoms with Gasteiger partial charge in [-0.3, -0.25) is 0 Å². The molecule has 18 heavy (non-hydrogen) atoms. The van der Waals surface area contributed by atoms with E-state index < -0.39 is 0 Å². The summed E-state index contributed by atoms with van der Waals surface area (Å²) in [6, 6.07) is 10.2. The molecule has 0 aliphatic heterocycles. The van der Waals surface area contributed by atoms with Crippen LogP contribution in [-0.4, -0.2) is 16.7 Å². The Labute approximate surface area is 107 Å². The van der Waals surface area contributed by atoms with Crippen LogP contribution in [0.1, 0.15) is 37.6 Å². The quantitative estimate of drug-likeness (QED) is 0.877. The first-order valence-electron chi connectivity index (χ1n) is 6.23. The van der Waals surface area contributed by atoms with Crippen LogP contribution >= 0.6 is 0 Å². The lowest BCUT2D eigenvalue weighted by Gasteiger charge is -2.20. The number of nitrogens with two attached hydrogens (primary N) is 1. The average Bonchev–Trinajstić information content (AvgIpc) is 2.87. The fourth-order valence-electron chi connectivity index (χ4n) is 1.84. The van der Waals surface area contributed by atoms with Crippen LogP contribution in [0.3, 0.4) is 0 Å². The first kappa shape index (κ1) is 12.8. The molecule has 2 aromatic rings. The van der Waals surface area contributed by atoms with Gasteiger partial charge in [0.15, 0.2) is 0 Å². The zero-order chi connectivity index (χ0) is 13.0. The van der Waals surface area contributed by atoms with Gasteiger partial charge in [0, 0.05) is 6.42 Å². The van der Waals surface area contributed by atoms with Crippen molar-refractivity contribution in [1.29, 1.82) is 0 Å². The summed E-state index contributed by atoms with van der Waals surface area (Å²) in [6.45, 7) is 4.81. The van der Waals surface area contributed by atoms with Crippen molar-refractivity contribution in [2.24, 2.45) is 5.73 Å². The van der Waals surface area contributed by atoms with Crippen molar-refractivity contribution in [2.75, 3.05) is 6.54 Å². The third-order valence-corrected chi connectivity index (χ3v) is 3.09. The van der Waals surface area contributed by atoms with Gasteiger partial charge in [0.1, 0.15) is 0 Å². The van der Waals surface area contributed by atoms with Gasteiger partial charge in [-0.1, -0.05) is 30.3 Å². The topological polar surface area (TPSA) is 64.9 Å². The van der Waals surface area contributed by atoms with Gasteiger partial charge in [0.25, 0.3) is 0 Å². The Hall–Kier alpha value is -1.68. The van der Waals surface area contributed by atoms with Gasteiger partial charge in [-0.2, -0.15) is 0 Å². The molecule has 1 aromatic heterocycles. The Morgan fingerprint density at radius 1 is 1.17 bits per heavy atom. The predicted octanol–water partition coefficient (Wildman–Crippen LogP) is 2.29. The normalized spacial score (nSPS) is 11.7. The minimum absolute atomic E-state index is 0.269. The molecule has 1 heterocycles. The minimum atomic E-state index is -0.269. The van der Waals surface area contributed by atoms with Gasteiger partial charge >= 0.3 is 0 Å². The van der Waals surface area contributed by atoms with E-state index in [4.69, 9.17) is 10.2 Å². The highest BCUT2D eigenvalue weighted by Crippen LogP contribution is 2.30. The Kier molecular flexibility index (Phi) is 3.77. The van der Waals surface area contributed by atoms with Crippen molar-refractivity contribution in [3.63, 3.8) is 0 Å². The van der Waals surface area contributed by atoms with Gasteiger partial charge in [0.05, 0.1) is 5.41 Å². The van der Waals surface area contributed by atoms with Crippen molar-refractivity contribution in [3.8, 4) is 0 Å². The van der Waals surface area contributed by atoms with Gasteiger partial charge < -0.3 is 10.2 Å². The maximum atomic E-state index is 5.73. The Balaban J connectivity index is 2.22. The molecular weight excluding hydrogens is 226 g/mol. The smallest absolute Gasteiger partial charge is 0.226 e. The second kappa shape index (κ2) is 5.31. The molecule has 0 radical (unpaired) electrons. The van der Waals surface area contributed by atoms with E-state index in [0.717, 1.165) is 12.8 Å². The molecule has 0 saturated carbocycles. The third kappa shape index (κ3) is 2.59. The van der Waals surface area contributed by atoms with E-state index in [-0.39, 0.29) is 5.41 Å². The van der Waals surface area contributed by atoms with E-state index in [1.807, 2.05) is 18.2 Å². The van der Waals surface area contributed by atoms with Crippen molar-refractivity contribution in [3.05, 3.63) is 47.7 Å². The number of hydrogen-bond acceptors (Lipinski definition) is 4. The van der Waals surface area contributed by atoms with Crippen LogP contribution in [0, 0.1) is 0 Å². The molecular formula is C14H19N3O. The van der Waals surface area contributed by atoms with Crippen molar-refractivity contribution in [1.82, 2.24) is 10.2 Å². The van der Waals surface area contributed by atoms with E-state index >= 15 is 0 Å². The highest BCUT2D eigenvalue weighted by atomic mass is 16.4. The van der Waals surface area contributed by atoms with Crippen LogP contribution in [-0.2, 0) is 11.8 Å². The lowest BCUT2D eigenvalue weighted by Crippen LogP contribution is -2.19. The highest BCUT2D eigenvalue weighted by Gasteiger charge is 2.29. The summed E-state index contributed by atoms with van der Waals surface area (Å²) >= 11 is 0. The molecule has 0 unspecified atom stereocenters. The van der Waals surface area contributed by atoms with Crippen molar-refractivity contribution in [2.45, 2.75) is 32.1 Å². The second-order valence-electron chi connectivity index (χ2n) is 4.88. The molecule has 0 saturated heterocycles. The lowest BCUT2D eigenvalue weighted by atomic mass is 9.85. The molecule has 0 spiro atoms. The highest BCUT2D eigenvalue weighted by molar-refractivity contribution is 5.29. The molecule has 0 aliphatic rings. The summed E-state index contributed by atoms with van der Waals surface area (Å²) in [5.41, 5.74) is 6.37. The zero-order valence-electron chi connectivity index (χ0n) is 10.9. The maximum absolute atomic E-state index is 5.73. The maximum Gasteiger partial charge on any atom is 0.226 e. The van der Waals surface area contributed by atoms with Gasteiger partial charge in [-0.05, 0) is 32.4 Å². The van der Waals surface area contributed by atoms with Crippen molar-refractivity contribution >= 4 is 0 Å². The molecule has 1 aromatic carbocycles. The number of aryl methyl sites for hydroxylation is 1. The Morgan fingerprint density at radius 3 is 2.56 bits per heavy atom. The van der Waals surface area contributed by atoms with E-state index in [0.29, 0.717) is 18.3 Å². The molecule has 0 aliphatic carbocycles. The molecule has 2 rings (SSSR count). The first-order chi connectivity index (χ1) is 8.64. The summed E-state index contributed by atoms with van der Waals surface area (Å²) in [5.74, 6) is 1.32. The third-order valence-electron chi connectivity index (χ3n) is 3.09. The fraction of sp³-hybridized carbons (Fsp3) is 0.429.